The molecule has 1 aromatic rings. The van der Waals surface area contributed by atoms with Crippen LogP contribution in [0.2, 0.25) is 0 Å². The Morgan fingerprint density at radius 3 is 2.52 bits per heavy atom. The number of aliphatic hydroxyl groups is 1. The first-order chi connectivity index (χ1) is 12.9. The van der Waals surface area contributed by atoms with Crippen LogP contribution in [0, 0.1) is 11.8 Å². The maximum Gasteiger partial charge on any atom is 0.248 e. The maximum atomic E-state index is 11.3. The number of carbonyl (C=O) groups is 1. The van der Waals surface area contributed by atoms with E-state index in [1.807, 2.05) is 12.1 Å². The van der Waals surface area contributed by atoms with Crippen LogP contribution >= 0.6 is 0 Å². The van der Waals surface area contributed by atoms with Crippen LogP contribution in [0.25, 0.3) is 0 Å². The van der Waals surface area contributed by atoms with Gasteiger partial charge in [0, 0.05) is 18.7 Å². The number of likely N-dealkylation sites (tertiary alicyclic amines) is 1. The third kappa shape index (κ3) is 4.72. The van der Waals surface area contributed by atoms with Gasteiger partial charge in [-0.1, -0.05) is 45.2 Å². The quantitative estimate of drug-likeness (QED) is 0.800. The fourth-order valence-electron chi connectivity index (χ4n) is 5.03. The van der Waals surface area contributed by atoms with Gasteiger partial charge in [0.05, 0.1) is 6.10 Å². The lowest BCUT2D eigenvalue weighted by Gasteiger charge is -2.45. The number of carbonyl (C=O) groups excluding carboxylic acids is 1. The highest BCUT2D eigenvalue weighted by Crippen LogP contribution is 2.39. The molecule has 1 amide bonds. The average molecular weight is 373 g/mol. The van der Waals surface area contributed by atoms with Crippen molar-refractivity contribution in [2.45, 2.75) is 70.3 Å². The first-order valence-electron chi connectivity index (χ1n) is 10.7. The summed E-state index contributed by atoms with van der Waals surface area (Å²) in [6.07, 6.45) is 8.20. The molecule has 2 aliphatic rings. The molecule has 1 aliphatic heterocycles. The van der Waals surface area contributed by atoms with Crippen LogP contribution in [0.1, 0.15) is 74.7 Å². The number of primary amides is 1. The highest BCUT2D eigenvalue weighted by Gasteiger charge is 2.38. The van der Waals surface area contributed by atoms with Gasteiger partial charge in [0.15, 0.2) is 0 Å². The number of rotatable bonds is 6. The molecule has 4 nitrogen and oxygen atoms in total. The molecule has 4 heteroatoms. The summed E-state index contributed by atoms with van der Waals surface area (Å²) in [5.41, 5.74) is 7.35. The predicted octanol–water partition coefficient (Wildman–Crippen LogP) is 3.72. The van der Waals surface area contributed by atoms with Crippen molar-refractivity contribution in [3.05, 3.63) is 35.4 Å². The van der Waals surface area contributed by atoms with E-state index in [1.54, 1.807) is 0 Å². The number of hydrogen-bond acceptors (Lipinski definition) is 3. The Morgan fingerprint density at radius 2 is 1.93 bits per heavy atom. The van der Waals surface area contributed by atoms with Gasteiger partial charge in [-0.15, -0.1) is 0 Å². The third-order valence-corrected chi connectivity index (χ3v) is 7.33. The van der Waals surface area contributed by atoms with Crippen molar-refractivity contribution in [1.29, 1.82) is 0 Å². The second-order valence-corrected chi connectivity index (χ2v) is 9.06. The standard InChI is InChI=1S/C23H36N2O2/c1-17-16-25(14-12-21(26)18-6-4-3-5-7-18)15-13-23(17,2)20-10-8-19(9-11-20)22(24)27/h8-11,17-18,21,26H,3-7,12-16H2,1-2H3,(H2,24,27)/t17?,21-,23?/m0/s1. The fourth-order valence-corrected chi connectivity index (χ4v) is 5.03. The van der Waals surface area contributed by atoms with Crippen LogP contribution in [0.4, 0.5) is 0 Å². The lowest BCUT2D eigenvalue weighted by atomic mass is 9.68. The van der Waals surface area contributed by atoms with E-state index in [0.717, 1.165) is 32.5 Å². The molecule has 0 radical (unpaired) electrons. The number of amides is 1. The normalized spacial score (nSPS) is 28.8. The summed E-state index contributed by atoms with van der Waals surface area (Å²) in [6, 6.07) is 7.84. The van der Waals surface area contributed by atoms with Crippen LogP contribution in [-0.4, -0.2) is 41.7 Å². The molecular formula is C23H36N2O2. The summed E-state index contributed by atoms with van der Waals surface area (Å²) in [7, 11) is 0. The van der Waals surface area contributed by atoms with Crippen molar-refractivity contribution in [2.75, 3.05) is 19.6 Å². The van der Waals surface area contributed by atoms with Crippen molar-refractivity contribution >= 4 is 5.91 Å². The molecule has 3 rings (SSSR count). The van der Waals surface area contributed by atoms with Crippen LogP contribution in [0.3, 0.4) is 0 Å². The van der Waals surface area contributed by atoms with Crippen LogP contribution in [-0.2, 0) is 5.41 Å². The minimum absolute atomic E-state index is 0.120. The number of benzene rings is 1. The number of aliphatic hydroxyl groups excluding tert-OH is 1. The van der Waals surface area contributed by atoms with Gasteiger partial charge < -0.3 is 15.7 Å². The first-order valence-corrected chi connectivity index (χ1v) is 10.7. The average Bonchev–Trinajstić information content (AvgIpc) is 2.69. The zero-order valence-electron chi connectivity index (χ0n) is 17.0. The predicted molar refractivity (Wildman–Crippen MR) is 110 cm³/mol. The Kier molecular flexibility index (Phi) is 6.59. The van der Waals surface area contributed by atoms with Gasteiger partial charge in [0.25, 0.3) is 0 Å². The molecule has 3 atom stereocenters. The zero-order valence-corrected chi connectivity index (χ0v) is 17.0. The lowest BCUT2D eigenvalue weighted by Crippen LogP contribution is -2.48. The monoisotopic (exact) mass is 372 g/mol. The van der Waals surface area contributed by atoms with Crippen molar-refractivity contribution in [3.8, 4) is 0 Å². The van der Waals surface area contributed by atoms with Gasteiger partial charge in [-0.25, -0.2) is 0 Å². The molecule has 150 valence electrons. The van der Waals surface area contributed by atoms with Crippen LogP contribution in [0.5, 0.6) is 0 Å². The van der Waals surface area contributed by atoms with E-state index < -0.39 is 0 Å². The van der Waals surface area contributed by atoms with E-state index in [2.05, 4.69) is 30.9 Å². The van der Waals surface area contributed by atoms with E-state index in [4.69, 9.17) is 5.73 Å². The largest absolute Gasteiger partial charge is 0.393 e. The van der Waals surface area contributed by atoms with Crippen molar-refractivity contribution in [3.63, 3.8) is 0 Å². The molecule has 0 bridgehead atoms. The second kappa shape index (κ2) is 8.74. The Labute approximate surface area is 164 Å². The first kappa shape index (κ1) is 20.3. The molecule has 3 N–H and O–H groups in total. The van der Waals surface area contributed by atoms with E-state index in [-0.39, 0.29) is 17.4 Å². The highest BCUT2D eigenvalue weighted by molar-refractivity contribution is 5.92. The molecule has 1 saturated heterocycles. The molecule has 1 saturated carbocycles. The molecule has 2 unspecified atom stereocenters. The van der Waals surface area contributed by atoms with Crippen LogP contribution in [0.15, 0.2) is 24.3 Å². The number of nitrogens with two attached hydrogens (primary N) is 1. The Bertz CT molecular complexity index is 624. The van der Waals surface area contributed by atoms with E-state index in [0.29, 0.717) is 17.4 Å². The maximum absolute atomic E-state index is 11.3. The molecular weight excluding hydrogens is 336 g/mol. The number of piperidine rings is 1. The molecule has 27 heavy (non-hydrogen) atoms. The SMILES string of the molecule is CC1CN(CC[C@H](O)C2CCCCC2)CCC1(C)c1ccc(C(N)=O)cc1. The van der Waals surface area contributed by atoms with Gasteiger partial charge in [-0.2, -0.15) is 0 Å². The topological polar surface area (TPSA) is 66.6 Å². The second-order valence-electron chi connectivity index (χ2n) is 9.06. The van der Waals surface area contributed by atoms with Crippen molar-refractivity contribution in [1.82, 2.24) is 4.90 Å². The molecule has 2 fully saturated rings. The molecule has 0 aromatic heterocycles. The number of nitrogens with zero attached hydrogens (tertiary/aromatic N) is 1. The van der Waals surface area contributed by atoms with E-state index in [9.17, 15) is 9.90 Å². The summed E-state index contributed by atoms with van der Waals surface area (Å²) in [5.74, 6) is 0.679. The van der Waals surface area contributed by atoms with Gasteiger partial charge >= 0.3 is 0 Å². The Hall–Kier alpha value is -1.39. The third-order valence-electron chi connectivity index (χ3n) is 7.33. The highest BCUT2D eigenvalue weighted by atomic mass is 16.3. The van der Waals surface area contributed by atoms with Gasteiger partial charge in [-0.05, 0) is 67.2 Å². The molecule has 1 heterocycles. The minimum atomic E-state index is -0.369. The van der Waals surface area contributed by atoms with E-state index >= 15 is 0 Å². The van der Waals surface area contributed by atoms with E-state index in [1.165, 1.54) is 37.7 Å². The zero-order chi connectivity index (χ0) is 19.4. The summed E-state index contributed by atoms with van der Waals surface area (Å²) in [4.78, 5) is 13.8. The van der Waals surface area contributed by atoms with Gasteiger partial charge in [0.1, 0.15) is 0 Å². The fraction of sp³-hybridized carbons (Fsp3) is 0.696. The summed E-state index contributed by atoms with van der Waals surface area (Å²) in [6.45, 7) is 7.79. The summed E-state index contributed by atoms with van der Waals surface area (Å²) >= 11 is 0. The smallest absolute Gasteiger partial charge is 0.248 e. The Balaban J connectivity index is 1.54. The van der Waals surface area contributed by atoms with Crippen molar-refractivity contribution < 1.29 is 9.90 Å². The van der Waals surface area contributed by atoms with Crippen LogP contribution < -0.4 is 5.73 Å². The summed E-state index contributed by atoms with van der Waals surface area (Å²) < 4.78 is 0. The van der Waals surface area contributed by atoms with Gasteiger partial charge in [-0.3, -0.25) is 4.79 Å². The minimum Gasteiger partial charge on any atom is -0.393 e. The molecule has 1 aromatic carbocycles. The molecule has 1 aliphatic carbocycles. The van der Waals surface area contributed by atoms with Gasteiger partial charge in [0.2, 0.25) is 5.91 Å². The lowest BCUT2D eigenvalue weighted by molar-refractivity contribution is 0.0502. The number of hydrogen-bond donors (Lipinski definition) is 2. The Morgan fingerprint density at radius 1 is 1.26 bits per heavy atom. The summed E-state index contributed by atoms with van der Waals surface area (Å²) in [5, 5.41) is 10.6. The molecule has 0 spiro atoms. The van der Waals surface area contributed by atoms with Crippen molar-refractivity contribution in [2.24, 2.45) is 17.6 Å².